The van der Waals surface area contributed by atoms with Crippen LogP contribution in [0.15, 0.2) is 35.1 Å². The molecular weight excluding hydrogens is 253 g/mol. The Kier molecular flexibility index (Phi) is 3.04. The molecule has 1 aromatic heterocycles. The van der Waals surface area contributed by atoms with Crippen LogP contribution < -0.4 is 11.3 Å². The quantitative estimate of drug-likeness (QED) is 0.660. The highest BCUT2D eigenvalue weighted by Crippen LogP contribution is 2.25. The summed E-state index contributed by atoms with van der Waals surface area (Å²) in [5.74, 6) is -0.856. The second kappa shape index (κ2) is 4.52. The number of nitrogens with two attached hydrogens (primary N) is 1. The molecule has 0 aliphatic rings. The summed E-state index contributed by atoms with van der Waals surface area (Å²) in [7, 11) is 0. The summed E-state index contributed by atoms with van der Waals surface area (Å²) in [6, 6.07) is 6.27. The molecule has 2 N–H and O–H groups in total. The number of nitro benzene ring substituents is 1. The molecule has 7 heteroatoms. The number of nitro groups is 1. The molecule has 1 aromatic carbocycles. The average Bonchev–Trinajstić information content (AvgIpc) is 2.36. The zero-order valence-electron chi connectivity index (χ0n) is 9.96. The van der Waals surface area contributed by atoms with Crippen LogP contribution in [0.5, 0.6) is 0 Å². The molecule has 19 heavy (non-hydrogen) atoms. The van der Waals surface area contributed by atoms with E-state index in [9.17, 15) is 19.3 Å². The van der Waals surface area contributed by atoms with Gasteiger partial charge < -0.3 is 5.73 Å². The topological polar surface area (TPSA) is 91.2 Å². The number of benzene rings is 1. The van der Waals surface area contributed by atoms with Crippen molar-refractivity contribution >= 4 is 11.4 Å². The van der Waals surface area contributed by atoms with E-state index in [1.165, 1.54) is 25.1 Å². The first-order valence-electron chi connectivity index (χ1n) is 5.35. The number of aryl methyl sites for hydroxylation is 1. The Morgan fingerprint density at radius 2 is 2.00 bits per heavy atom. The van der Waals surface area contributed by atoms with Gasteiger partial charge in [0.2, 0.25) is 0 Å². The largest absolute Gasteiger partial charge is 0.394 e. The first-order valence-corrected chi connectivity index (χ1v) is 5.35. The van der Waals surface area contributed by atoms with Crippen molar-refractivity contribution in [2.75, 3.05) is 5.73 Å². The van der Waals surface area contributed by atoms with Crippen LogP contribution in [0.3, 0.4) is 0 Å². The number of anilines is 1. The molecule has 0 amide bonds. The first kappa shape index (κ1) is 12.7. The van der Waals surface area contributed by atoms with Crippen molar-refractivity contribution in [3.63, 3.8) is 0 Å². The van der Waals surface area contributed by atoms with Gasteiger partial charge in [0.25, 0.3) is 11.2 Å². The first-order chi connectivity index (χ1) is 8.93. The number of para-hydroxylation sites is 1. The Morgan fingerprint density at radius 1 is 1.32 bits per heavy atom. The summed E-state index contributed by atoms with van der Waals surface area (Å²) in [5, 5.41) is 10.9. The van der Waals surface area contributed by atoms with Crippen LogP contribution in [0.1, 0.15) is 5.69 Å². The lowest BCUT2D eigenvalue weighted by Crippen LogP contribution is -2.24. The van der Waals surface area contributed by atoms with Crippen LogP contribution in [-0.4, -0.2) is 9.49 Å². The molecule has 0 spiro atoms. The van der Waals surface area contributed by atoms with Gasteiger partial charge in [-0.1, -0.05) is 6.07 Å². The number of pyridine rings is 1. The molecule has 1 heterocycles. The summed E-state index contributed by atoms with van der Waals surface area (Å²) in [5.41, 5.74) is 4.15. The van der Waals surface area contributed by atoms with E-state index in [2.05, 4.69) is 0 Å². The number of rotatable bonds is 2. The highest BCUT2D eigenvalue weighted by atomic mass is 19.1. The Morgan fingerprint density at radius 3 is 2.63 bits per heavy atom. The summed E-state index contributed by atoms with van der Waals surface area (Å²) < 4.78 is 14.8. The number of nitrogen functional groups attached to an aromatic ring is 1. The van der Waals surface area contributed by atoms with Gasteiger partial charge in [-0.2, -0.15) is 0 Å². The second-order valence-corrected chi connectivity index (χ2v) is 3.94. The second-order valence-electron chi connectivity index (χ2n) is 3.94. The third kappa shape index (κ3) is 2.05. The molecule has 0 aliphatic carbocycles. The number of hydrogen-bond acceptors (Lipinski definition) is 4. The Balaban J connectivity index is 2.91. The highest BCUT2D eigenvalue weighted by molar-refractivity contribution is 5.55. The van der Waals surface area contributed by atoms with Gasteiger partial charge in [-0.25, -0.2) is 4.39 Å². The van der Waals surface area contributed by atoms with Gasteiger partial charge in [0.05, 0.1) is 10.6 Å². The predicted octanol–water partition coefficient (Wildman–Crippen LogP) is 1.78. The van der Waals surface area contributed by atoms with Crippen LogP contribution in [0.2, 0.25) is 0 Å². The van der Waals surface area contributed by atoms with Crippen molar-refractivity contribution in [2.45, 2.75) is 6.92 Å². The minimum atomic E-state index is -0.856. The normalized spacial score (nSPS) is 10.4. The summed E-state index contributed by atoms with van der Waals surface area (Å²) in [4.78, 5) is 22.2. The molecule has 0 unspecified atom stereocenters. The number of aromatic nitrogens is 1. The van der Waals surface area contributed by atoms with Crippen LogP contribution in [0, 0.1) is 22.9 Å². The maximum atomic E-state index is 13.9. The third-order valence-corrected chi connectivity index (χ3v) is 2.69. The van der Waals surface area contributed by atoms with E-state index in [1.54, 1.807) is 0 Å². The molecule has 0 saturated carbocycles. The standard InChI is InChI=1S/C12H10FN3O3/c1-7-5-6-9(14)12(17)15(7)11-8(13)3-2-4-10(11)16(18)19/h2-6H,14H2,1H3. The maximum absolute atomic E-state index is 13.9. The number of halogens is 1. The van der Waals surface area contributed by atoms with Crippen molar-refractivity contribution in [3.05, 3.63) is 62.3 Å². The predicted molar refractivity (Wildman–Crippen MR) is 67.8 cm³/mol. The third-order valence-electron chi connectivity index (χ3n) is 2.69. The lowest BCUT2D eigenvalue weighted by Gasteiger charge is -2.11. The van der Waals surface area contributed by atoms with E-state index in [0.717, 1.165) is 16.7 Å². The lowest BCUT2D eigenvalue weighted by molar-refractivity contribution is -0.384. The Bertz CT molecular complexity index is 725. The highest BCUT2D eigenvalue weighted by Gasteiger charge is 2.22. The summed E-state index contributed by atoms with van der Waals surface area (Å²) in [6.45, 7) is 1.54. The number of nitrogens with zero attached hydrogens (tertiary/aromatic N) is 2. The van der Waals surface area contributed by atoms with E-state index in [0.29, 0.717) is 5.69 Å². The van der Waals surface area contributed by atoms with Gasteiger partial charge in [-0.3, -0.25) is 19.5 Å². The van der Waals surface area contributed by atoms with E-state index in [1.807, 2.05) is 0 Å². The molecule has 0 bridgehead atoms. The molecule has 0 fully saturated rings. The van der Waals surface area contributed by atoms with Crippen molar-refractivity contribution in [3.8, 4) is 5.69 Å². The molecule has 6 nitrogen and oxygen atoms in total. The fraction of sp³-hybridized carbons (Fsp3) is 0.0833. The summed E-state index contributed by atoms with van der Waals surface area (Å²) >= 11 is 0. The Hall–Kier alpha value is -2.70. The fourth-order valence-corrected chi connectivity index (χ4v) is 1.80. The van der Waals surface area contributed by atoms with Crippen molar-refractivity contribution < 1.29 is 9.31 Å². The molecule has 0 saturated heterocycles. The number of hydrogen-bond donors (Lipinski definition) is 1. The fourth-order valence-electron chi connectivity index (χ4n) is 1.80. The van der Waals surface area contributed by atoms with Crippen LogP contribution >= 0.6 is 0 Å². The average molecular weight is 263 g/mol. The zero-order chi connectivity index (χ0) is 14.2. The van der Waals surface area contributed by atoms with Gasteiger partial charge in [0.1, 0.15) is 0 Å². The van der Waals surface area contributed by atoms with Gasteiger partial charge in [0, 0.05) is 11.8 Å². The van der Waals surface area contributed by atoms with Gasteiger partial charge in [0.15, 0.2) is 11.5 Å². The molecule has 0 aliphatic heterocycles. The van der Waals surface area contributed by atoms with E-state index < -0.39 is 27.7 Å². The van der Waals surface area contributed by atoms with Gasteiger partial charge >= 0.3 is 0 Å². The summed E-state index contributed by atoms with van der Waals surface area (Å²) in [6.07, 6.45) is 0. The van der Waals surface area contributed by atoms with E-state index in [4.69, 9.17) is 5.73 Å². The Labute approximate surface area is 107 Å². The smallest absolute Gasteiger partial charge is 0.296 e. The zero-order valence-corrected chi connectivity index (χ0v) is 9.96. The van der Waals surface area contributed by atoms with Crippen molar-refractivity contribution in [1.82, 2.24) is 4.57 Å². The van der Waals surface area contributed by atoms with Gasteiger partial charge in [-0.15, -0.1) is 0 Å². The molecule has 2 aromatic rings. The molecular formula is C12H10FN3O3. The minimum absolute atomic E-state index is 0.108. The monoisotopic (exact) mass is 263 g/mol. The van der Waals surface area contributed by atoms with E-state index >= 15 is 0 Å². The van der Waals surface area contributed by atoms with Crippen molar-refractivity contribution in [2.24, 2.45) is 0 Å². The maximum Gasteiger partial charge on any atom is 0.296 e. The van der Waals surface area contributed by atoms with Crippen molar-refractivity contribution in [1.29, 1.82) is 0 Å². The van der Waals surface area contributed by atoms with Gasteiger partial charge in [-0.05, 0) is 25.1 Å². The van der Waals surface area contributed by atoms with Crippen LogP contribution in [0.4, 0.5) is 15.8 Å². The van der Waals surface area contributed by atoms with Crippen LogP contribution in [-0.2, 0) is 0 Å². The molecule has 98 valence electrons. The van der Waals surface area contributed by atoms with Crippen LogP contribution in [0.25, 0.3) is 5.69 Å². The van der Waals surface area contributed by atoms with E-state index in [-0.39, 0.29) is 5.69 Å². The lowest BCUT2D eigenvalue weighted by atomic mass is 10.2. The SMILES string of the molecule is Cc1ccc(N)c(=O)n1-c1c(F)cccc1[N+](=O)[O-]. The molecule has 0 radical (unpaired) electrons. The molecule has 2 rings (SSSR count). The minimum Gasteiger partial charge on any atom is -0.394 e. The molecule has 0 atom stereocenters.